The van der Waals surface area contributed by atoms with Gasteiger partial charge in [0.2, 0.25) is 5.91 Å². The summed E-state index contributed by atoms with van der Waals surface area (Å²) in [5.41, 5.74) is -7.84. The highest BCUT2D eigenvalue weighted by Gasteiger charge is 2.43. The van der Waals surface area contributed by atoms with Crippen LogP contribution < -0.4 is 5.32 Å². The van der Waals surface area contributed by atoms with Gasteiger partial charge in [0, 0.05) is 24.0 Å². The maximum absolute atomic E-state index is 14.9. The zero-order chi connectivity index (χ0) is 32.4. The molecule has 2 aromatic carbocycles. The maximum atomic E-state index is 14.9. The van der Waals surface area contributed by atoms with Crippen molar-refractivity contribution in [1.29, 1.82) is 0 Å². The minimum absolute atomic E-state index is 0.0622. The molecule has 0 radical (unpaired) electrons. The molecule has 0 saturated carbocycles. The van der Waals surface area contributed by atoms with E-state index in [9.17, 15) is 71.1 Å². The van der Waals surface area contributed by atoms with Crippen molar-refractivity contribution in [2.45, 2.75) is 43.5 Å². The quantitative estimate of drug-likeness (QED) is 0.230. The smallest absolute Gasteiger partial charge is 0.347 e. The Bertz CT molecular complexity index is 1360. The molecule has 1 unspecified atom stereocenters. The molecule has 0 aliphatic heterocycles. The van der Waals surface area contributed by atoms with E-state index in [2.05, 4.69) is 0 Å². The van der Waals surface area contributed by atoms with Gasteiger partial charge in [-0.1, -0.05) is 23.7 Å². The van der Waals surface area contributed by atoms with Crippen LogP contribution in [-0.4, -0.2) is 30.6 Å². The molecular weight excluding hydrogens is 636 g/mol. The number of allylic oxidation sites excluding steroid dienone is 1. The van der Waals surface area contributed by atoms with E-state index >= 15 is 0 Å². The molecule has 0 bridgehead atoms. The lowest BCUT2D eigenvalue weighted by atomic mass is 9.93. The van der Waals surface area contributed by atoms with Crippen LogP contribution in [0.15, 0.2) is 36.4 Å². The molecule has 2 rings (SSSR count). The third-order valence-corrected chi connectivity index (χ3v) is 5.73. The van der Waals surface area contributed by atoms with Crippen molar-refractivity contribution in [3.8, 4) is 0 Å². The predicted octanol–water partition coefficient (Wildman–Crippen LogP) is 8.81. The zero-order valence-corrected chi connectivity index (χ0v) is 20.9. The summed E-state index contributed by atoms with van der Waals surface area (Å²) in [7, 11) is 0. The van der Waals surface area contributed by atoms with Gasteiger partial charge in [-0.05, 0) is 29.8 Å². The third-order valence-electron chi connectivity index (χ3n) is 5.35. The molecule has 0 spiro atoms. The number of Topliss-reactive ketones (excluding diaryl/α,β-unsaturated/α-hetero) is 1. The zero-order valence-electron chi connectivity index (χ0n) is 20.1. The number of halogens is 15. The van der Waals surface area contributed by atoms with Crippen molar-refractivity contribution in [2.24, 2.45) is 0 Å². The number of ketones is 1. The Kier molecular flexibility index (Phi) is 10.3. The molecule has 0 aromatic heterocycles. The summed E-state index contributed by atoms with van der Waals surface area (Å²) in [5, 5.41) is -0.199. The fraction of sp³-hybridized carbons (Fsp3) is 0.333. The van der Waals surface area contributed by atoms with E-state index in [0.717, 1.165) is 0 Å². The first-order valence-electron chi connectivity index (χ1n) is 11.0. The molecule has 0 aliphatic carbocycles. The van der Waals surface area contributed by atoms with E-state index in [1.807, 2.05) is 0 Å². The van der Waals surface area contributed by atoms with Crippen LogP contribution in [0.5, 0.6) is 0 Å². The van der Waals surface area contributed by atoms with Gasteiger partial charge in [0.25, 0.3) is 0 Å². The van der Waals surface area contributed by atoms with Crippen LogP contribution >= 0.6 is 11.6 Å². The minimum Gasteiger partial charge on any atom is -0.347 e. The van der Waals surface area contributed by atoms with Crippen LogP contribution in [0.4, 0.5) is 61.5 Å². The number of carbonyl (C=O) groups excluding carboxylic acids is 2. The molecule has 1 N–H and O–H groups in total. The molecule has 18 heteroatoms. The van der Waals surface area contributed by atoms with Gasteiger partial charge in [0.15, 0.2) is 5.78 Å². The monoisotopic (exact) mass is 649 g/mol. The van der Waals surface area contributed by atoms with Crippen LogP contribution in [0.25, 0.3) is 5.83 Å². The van der Waals surface area contributed by atoms with Crippen molar-refractivity contribution < 1.29 is 71.1 Å². The molecule has 1 amide bonds. The molecule has 0 saturated heterocycles. The first-order chi connectivity index (χ1) is 18.9. The molecule has 1 atom stereocenters. The average Bonchev–Trinajstić information content (AvgIpc) is 2.83. The van der Waals surface area contributed by atoms with E-state index < -0.39 is 112 Å². The van der Waals surface area contributed by atoms with Crippen molar-refractivity contribution in [2.75, 3.05) is 6.54 Å². The lowest BCUT2D eigenvalue weighted by Crippen LogP contribution is -2.33. The van der Waals surface area contributed by atoms with Gasteiger partial charge in [-0.25, -0.2) is 8.78 Å². The van der Waals surface area contributed by atoms with E-state index in [-0.39, 0.29) is 18.2 Å². The van der Waals surface area contributed by atoms with Crippen LogP contribution in [0.3, 0.4) is 0 Å². The molecule has 232 valence electrons. The van der Waals surface area contributed by atoms with Gasteiger partial charge in [-0.2, -0.15) is 52.7 Å². The second kappa shape index (κ2) is 12.5. The van der Waals surface area contributed by atoms with Crippen molar-refractivity contribution in [1.82, 2.24) is 5.32 Å². The summed E-state index contributed by atoms with van der Waals surface area (Å²) >= 11 is 5.18. The highest BCUT2D eigenvalue weighted by molar-refractivity contribution is 6.31. The number of nitrogens with one attached hydrogen (secondary N) is 1. The number of amides is 1. The second-order valence-corrected chi connectivity index (χ2v) is 8.85. The van der Waals surface area contributed by atoms with Crippen molar-refractivity contribution in [3.63, 3.8) is 0 Å². The van der Waals surface area contributed by atoms with E-state index in [1.54, 1.807) is 0 Å². The average molecular weight is 650 g/mol. The molecule has 0 heterocycles. The molecule has 0 aliphatic rings. The highest BCUT2D eigenvalue weighted by atomic mass is 35.5. The van der Waals surface area contributed by atoms with Gasteiger partial charge in [-0.3, -0.25) is 9.59 Å². The Morgan fingerprint density at radius 1 is 0.833 bits per heavy atom. The molecular formula is C24H14ClF14NO2. The summed E-state index contributed by atoms with van der Waals surface area (Å²) in [5.74, 6) is -10.1. The van der Waals surface area contributed by atoms with Gasteiger partial charge < -0.3 is 5.32 Å². The topological polar surface area (TPSA) is 46.2 Å². The highest BCUT2D eigenvalue weighted by Crippen LogP contribution is 2.44. The third kappa shape index (κ3) is 9.32. The van der Waals surface area contributed by atoms with Gasteiger partial charge in [0.05, 0.1) is 16.1 Å². The number of carbonyl (C=O) groups is 2. The summed E-state index contributed by atoms with van der Waals surface area (Å²) in [6, 6.07) is 0.372. The normalized spacial score (nSPS) is 14.1. The number of hydrogen-bond acceptors (Lipinski definition) is 2. The van der Waals surface area contributed by atoms with Gasteiger partial charge >= 0.3 is 24.7 Å². The Morgan fingerprint density at radius 2 is 1.40 bits per heavy atom. The summed E-state index contributed by atoms with van der Waals surface area (Å²) < 4.78 is 186. The lowest BCUT2D eigenvalue weighted by molar-refractivity contribution is -0.142. The fourth-order valence-electron chi connectivity index (χ4n) is 3.44. The van der Waals surface area contributed by atoms with Crippen molar-refractivity contribution in [3.05, 3.63) is 75.1 Å². The number of benzene rings is 2. The summed E-state index contributed by atoms with van der Waals surface area (Å²) in [6.45, 7) is -1.78. The fourth-order valence-corrected chi connectivity index (χ4v) is 3.65. The molecule has 3 nitrogen and oxygen atoms in total. The lowest BCUT2D eigenvalue weighted by Gasteiger charge is -2.20. The van der Waals surface area contributed by atoms with E-state index in [0.29, 0.717) is 12.1 Å². The molecule has 0 fully saturated rings. The first-order valence-corrected chi connectivity index (χ1v) is 11.4. The summed E-state index contributed by atoms with van der Waals surface area (Å²) in [4.78, 5) is 23.7. The standard InChI is InChI=1S/C24H14ClF14NO2/c25-20-15(24(37,38)39)6-11(7-17(20)27)13(22(31,32)33)8-16(26)10-1-2-12(14(5-10)23(34,35)36)18(41)3-4-19(42)40-9-21(28,29)30/h1-2,5-8,13H,3-4,9H2,(H,40,42)/b16-8-. The first kappa shape index (κ1) is 34.8. The number of rotatable bonds is 8. The number of hydrogen-bond donors (Lipinski definition) is 1. The van der Waals surface area contributed by atoms with Crippen LogP contribution in [0.1, 0.15) is 51.4 Å². The molecule has 2 aromatic rings. The van der Waals surface area contributed by atoms with Crippen LogP contribution in [0, 0.1) is 5.82 Å². The Morgan fingerprint density at radius 3 is 1.90 bits per heavy atom. The van der Waals surface area contributed by atoms with Crippen LogP contribution in [-0.2, 0) is 17.1 Å². The van der Waals surface area contributed by atoms with Crippen LogP contribution in [0.2, 0.25) is 5.02 Å². The SMILES string of the molecule is O=C(CCC(=O)c1ccc(/C(F)=C/C(c2cc(F)c(Cl)c(C(F)(F)F)c2)C(F)(F)F)cc1C(F)(F)F)NCC(F)(F)F. The Balaban J connectivity index is 2.49. The van der Waals surface area contributed by atoms with Crippen molar-refractivity contribution >= 4 is 29.1 Å². The maximum Gasteiger partial charge on any atom is 0.417 e. The molecule has 42 heavy (non-hydrogen) atoms. The summed E-state index contributed by atoms with van der Waals surface area (Å²) in [6.07, 6.45) is -23.7. The number of alkyl halides is 12. The minimum atomic E-state index is -5.59. The second-order valence-electron chi connectivity index (χ2n) is 8.47. The van der Waals surface area contributed by atoms with Gasteiger partial charge in [-0.15, -0.1) is 0 Å². The van der Waals surface area contributed by atoms with Gasteiger partial charge in [0.1, 0.15) is 24.1 Å². The van der Waals surface area contributed by atoms with E-state index in [4.69, 9.17) is 11.6 Å². The van der Waals surface area contributed by atoms with E-state index in [1.165, 1.54) is 5.32 Å². The predicted molar refractivity (Wildman–Crippen MR) is 118 cm³/mol. The Labute approximate surface area is 231 Å². The Hall–Kier alpha value is -3.37. The largest absolute Gasteiger partial charge is 0.417 e.